The number of aryl methyl sites for hydroxylation is 2. The minimum Gasteiger partial charge on any atom is -0.495 e. The number of para-hydroxylation sites is 2. The molecule has 0 N–H and O–H groups in total. The average Bonchev–Trinajstić information content (AvgIpc) is 2.91. The molecule has 2 aromatic rings. The van der Waals surface area contributed by atoms with Crippen molar-refractivity contribution in [3.05, 3.63) is 64.1 Å². The molecular formula is C20H19NO3S. The molecule has 2 aromatic carbocycles. The van der Waals surface area contributed by atoms with E-state index < -0.39 is 0 Å². The molecule has 1 aliphatic heterocycles. The van der Waals surface area contributed by atoms with E-state index in [-0.39, 0.29) is 11.1 Å². The highest BCUT2D eigenvalue weighted by atomic mass is 32.2. The molecule has 0 unspecified atom stereocenters. The summed E-state index contributed by atoms with van der Waals surface area (Å²) < 4.78 is 5.29. The lowest BCUT2D eigenvalue weighted by molar-refractivity contribution is -0.113. The molecule has 2 amide bonds. The zero-order valence-electron chi connectivity index (χ0n) is 14.6. The van der Waals surface area contributed by atoms with Crippen LogP contribution in [0.2, 0.25) is 0 Å². The van der Waals surface area contributed by atoms with Crippen LogP contribution in [0.15, 0.2) is 47.4 Å². The van der Waals surface area contributed by atoms with E-state index in [1.807, 2.05) is 39.0 Å². The summed E-state index contributed by atoms with van der Waals surface area (Å²) in [5, 5.41) is -0.312. The predicted octanol–water partition coefficient (Wildman–Crippen LogP) is 4.94. The second-order valence-electron chi connectivity index (χ2n) is 5.93. The average molecular weight is 353 g/mol. The molecule has 1 saturated heterocycles. The summed E-state index contributed by atoms with van der Waals surface area (Å²) in [6.45, 7) is 5.96. The van der Waals surface area contributed by atoms with Gasteiger partial charge < -0.3 is 4.74 Å². The first-order valence-corrected chi connectivity index (χ1v) is 8.73. The van der Waals surface area contributed by atoms with Crippen molar-refractivity contribution in [2.75, 3.05) is 12.0 Å². The molecule has 0 aromatic heterocycles. The van der Waals surface area contributed by atoms with Crippen LogP contribution in [0, 0.1) is 13.8 Å². The van der Waals surface area contributed by atoms with E-state index in [1.54, 1.807) is 24.3 Å². The Kier molecular flexibility index (Phi) is 4.68. The molecule has 25 heavy (non-hydrogen) atoms. The monoisotopic (exact) mass is 353 g/mol. The number of carbonyl (C=O) groups is 2. The fourth-order valence-electron chi connectivity index (χ4n) is 2.73. The Morgan fingerprint density at radius 2 is 1.76 bits per heavy atom. The summed E-state index contributed by atoms with van der Waals surface area (Å²) in [5.74, 6) is 0.185. The number of hydrogen-bond acceptors (Lipinski definition) is 4. The molecule has 3 rings (SSSR count). The van der Waals surface area contributed by atoms with Crippen molar-refractivity contribution in [3.8, 4) is 5.75 Å². The maximum Gasteiger partial charge on any atom is 0.298 e. The van der Waals surface area contributed by atoms with Crippen molar-refractivity contribution in [2.45, 2.75) is 20.8 Å². The van der Waals surface area contributed by atoms with Crippen molar-refractivity contribution in [1.29, 1.82) is 0 Å². The molecule has 5 heteroatoms. The maximum atomic E-state index is 12.9. The van der Waals surface area contributed by atoms with Crippen LogP contribution in [0.25, 0.3) is 5.57 Å². The molecule has 1 fully saturated rings. The maximum absolute atomic E-state index is 12.9. The van der Waals surface area contributed by atoms with Gasteiger partial charge in [-0.2, -0.15) is 0 Å². The van der Waals surface area contributed by atoms with Crippen LogP contribution in [-0.2, 0) is 4.79 Å². The summed E-state index contributed by atoms with van der Waals surface area (Å²) in [6.07, 6.45) is 0. The zero-order chi connectivity index (χ0) is 18.1. The molecular weight excluding hydrogens is 334 g/mol. The molecule has 0 aliphatic carbocycles. The van der Waals surface area contributed by atoms with Crippen LogP contribution in [0.3, 0.4) is 0 Å². The second kappa shape index (κ2) is 6.76. The lowest BCUT2D eigenvalue weighted by atomic mass is 10.0. The van der Waals surface area contributed by atoms with Gasteiger partial charge in [0.05, 0.1) is 17.7 Å². The van der Waals surface area contributed by atoms with Gasteiger partial charge in [0.2, 0.25) is 0 Å². The van der Waals surface area contributed by atoms with Gasteiger partial charge in [-0.3, -0.25) is 9.59 Å². The molecule has 4 nitrogen and oxygen atoms in total. The third-order valence-corrected chi connectivity index (χ3v) is 5.42. The van der Waals surface area contributed by atoms with Crippen LogP contribution in [0.1, 0.15) is 23.6 Å². The van der Waals surface area contributed by atoms with Gasteiger partial charge in [0.15, 0.2) is 0 Å². The number of carbonyl (C=O) groups excluding carboxylic acids is 2. The van der Waals surface area contributed by atoms with Crippen molar-refractivity contribution in [3.63, 3.8) is 0 Å². The van der Waals surface area contributed by atoms with E-state index in [2.05, 4.69) is 0 Å². The van der Waals surface area contributed by atoms with Gasteiger partial charge in [0, 0.05) is 0 Å². The van der Waals surface area contributed by atoms with Gasteiger partial charge in [-0.25, -0.2) is 4.90 Å². The number of imide groups is 1. The third-order valence-electron chi connectivity index (χ3n) is 4.38. The summed E-state index contributed by atoms with van der Waals surface area (Å²) in [5.41, 5.74) is 4.58. The Bertz CT molecular complexity index is 902. The number of ether oxygens (including phenoxy) is 1. The topological polar surface area (TPSA) is 46.6 Å². The van der Waals surface area contributed by atoms with E-state index in [0.717, 1.165) is 28.5 Å². The van der Waals surface area contributed by atoms with Gasteiger partial charge in [-0.05, 0) is 66.9 Å². The Balaban J connectivity index is 2.04. The number of allylic oxidation sites excluding steroid dienone is 1. The minimum atomic E-state index is -0.312. The highest BCUT2D eigenvalue weighted by molar-refractivity contribution is 8.19. The van der Waals surface area contributed by atoms with Crippen LogP contribution in [0.5, 0.6) is 5.75 Å². The summed E-state index contributed by atoms with van der Waals surface area (Å²) in [7, 11) is 1.52. The number of hydrogen-bond donors (Lipinski definition) is 0. The summed E-state index contributed by atoms with van der Waals surface area (Å²) >= 11 is 0.970. The largest absolute Gasteiger partial charge is 0.495 e. The van der Waals surface area contributed by atoms with E-state index in [1.165, 1.54) is 17.6 Å². The van der Waals surface area contributed by atoms with Crippen molar-refractivity contribution in [1.82, 2.24) is 0 Å². The van der Waals surface area contributed by atoms with Gasteiger partial charge >= 0.3 is 0 Å². The standard InChI is InChI=1S/C20H19NO3S/c1-12-9-10-15(11-13(12)2)14(3)18-19(22)21(20(23)25-18)16-7-5-6-8-17(16)24-4/h5-11H,1-4H3/b18-14-. The van der Waals surface area contributed by atoms with E-state index in [4.69, 9.17) is 4.74 Å². The minimum absolute atomic E-state index is 0.310. The molecule has 1 aliphatic rings. The fraction of sp³-hybridized carbons (Fsp3) is 0.200. The lowest BCUT2D eigenvalue weighted by Gasteiger charge is -2.16. The molecule has 0 saturated carbocycles. The Morgan fingerprint density at radius 3 is 2.44 bits per heavy atom. The van der Waals surface area contributed by atoms with Crippen LogP contribution >= 0.6 is 11.8 Å². The summed E-state index contributed by atoms with van der Waals surface area (Å²) in [4.78, 5) is 27.1. The smallest absolute Gasteiger partial charge is 0.298 e. The molecule has 0 bridgehead atoms. The van der Waals surface area contributed by atoms with Gasteiger partial charge in [0.25, 0.3) is 11.1 Å². The van der Waals surface area contributed by atoms with E-state index >= 15 is 0 Å². The Hall–Kier alpha value is -2.53. The SMILES string of the molecule is COc1ccccc1N1C(=O)S/C(=C(/C)c2ccc(C)c(C)c2)C1=O. The first-order valence-electron chi connectivity index (χ1n) is 7.92. The second-order valence-corrected chi connectivity index (χ2v) is 6.90. The third kappa shape index (κ3) is 3.07. The fourth-order valence-corrected chi connectivity index (χ4v) is 3.62. The van der Waals surface area contributed by atoms with Crippen molar-refractivity contribution in [2.24, 2.45) is 0 Å². The van der Waals surface area contributed by atoms with E-state index in [9.17, 15) is 9.59 Å². The Labute approximate surface area is 151 Å². The highest BCUT2D eigenvalue weighted by Gasteiger charge is 2.39. The van der Waals surface area contributed by atoms with Crippen LogP contribution in [0.4, 0.5) is 10.5 Å². The van der Waals surface area contributed by atoms with Crippen molar-refractivity contribution < 1.29 is 14.3 Å². The Morgan fingerprint density at radius 1 is 1.04 bits per heavy atom. The number of nitrogens with zero attached hydrogens (tertiary/aromatic N) is 1. The lowest BCUT2D eigenvalue weighted by Crippen LogP contribution is -2.28. The first kappa shape index (κ1) is 17.3. The summed E-state index contributed by atoms with van der Waals surface area (Å²) in [6, 6.07) is 13.1. The number of anilines is 1. The number of benzene rings is 2. The van der Waals surface area contributed by atoms with Gasteiger partial charge in [-0.1, -0.05) is 30.3 Å². The number of rotatable bonds is 3. The highest BCUT2D eigenvalue weighted by Crippen LogP contribution is 2.41. The van der Waals surface area contributed by atoms with Gasteiger partial charge in [0.1, 0.15) is 5.75 Å². The number of amides is 2. The number of thioether (sulfide) groups is 1. The molecule has 0 radical (unpaired) electrons. The number of methoxy groups -OCH3 is 1. The quantitative estimate of drug-likeness (QED) is 0.733. The van der Waals surface area contributed by atoms with Crippen LogP contribution in [-0.4, -0.2) is 18.3 Å². The molecule has 1 heterocycles. The molecule has 128 valence electrons. The van der Waals surface area contributed by atoms with Crippen molar-refractivity contribution >= 4 is 34.2 Å². The molecule has 0 spiro atoms. The predicted molar refractivity (Wildman–Crippen MR) is 102 cm³/mol. The van der Waals surface area contributed by atoms with E-state index in [0.29, 0.717) is 16.3 Å². The van der Waals surface area contributed by atoms with Gasteiger partial charge in [-0.15, -0.1) is 0 Å². The zero-order valence-corrected chi connectivity index (χ0v) is 15.4. The first-order chi connectivity index (χ1) is 11.9. The van der Waals surface area contributed by atoms with Crippen LogP contribution < -0.4 is 9.64 Å². The molecule has 0 atom stereocenters. The normalized spacial score (nSPS) is 16.4.